The highest BCUT2D eigenvalue weighted by atomic mass is 19.1. The highest BCUT2D eigenvalue weighted by Crippen LogP contribution is 2.24. The zero-order chi connectivity index (χ0) is 8.72. The third kappa shape index (κ3) is 0.932. The molecule has 62 valence electrons. The Morgan fingerprint density at radius 2 is 2.17 bits per heavy atom. The molecule has 0 saturated heterocycles. The van der Waals surface area contributed by atoms with Gasteiger partial charge in [0.25, 0.3) is 0 Å². The molecule has 1 unspecified atom stereocenters. The Balaban J connectivity index is 2.54. The van der Waals surface area contributed by atoms with E-state index in [-0.39, 0.29) is 6.42 Å². The SMILES string of the molecule is O=C1c2ccc(F)cc2CC1F. The lowest BCUT2D eigenvalue weighted by Crippen LogP contribution is -2.07. The molecule has 0 aromatic heterocycles. The fourth-order valence-electron chi connectivity index (χ4n) is 1.43. The monoisotopic (exact) mass is 168 g/mol. The van der Waals surface area contributed by atoms with Crippen LogP contribution >= 0.6 is 0 Å². The highest BCUT2D eigenvalue weighted by molar-refractivity contribution is 6.03. The maximum Gasteiger partial charge on any atom is 0.197 e. The lowest BCUT2D eigenvalue weighted by molar-refractivity contribution is 0.0899. The minimum Gasteiger partial charge on any atom is -0.291 e. The number of alkyl halides is 1. The Hall–Kier alpha value is -1.25. The van der Waals surface area contributed by atoms with E-state index in [2.05, 4.69) is 0 Å². The van der Waals surface area contributed by atoms with Crippen LogP contribution in [0, 0.1) is 5.82 Å². The molecule has 0 amide bonds. The fourth-order valence-corrected chi connectivity index (χ4v) is 1.43. The number of carbonyl (C=O) groups excluding carboxylic acids is 1. The number of ketones is 1. The van der Waals surface area contributed by atoms with Crippen molar-refractivity contribution in [1.82, 2.24) is 0 Å². The number of benzene rings is 1. The van der Waals surface area contributed by atoms with E-state index in [1.54, 1.807) is 0 Å². The van der Waals surface area contributed by atoms with Gasteiger partial charge in [0, 0.05) is 12.0 Å². The topological polar surface area (TPSA) is 17.1 Å². The van der Waals surface area contributed by atoms with Crippen molar-refractivity contribution in [2.24, 2.45) is 0 Å². The second-order valence-corrected chi connectivity index (χ2v) is 2.84. The number of fused-ring (bicyclic) bond motifs is 1. The van der Waals surface area contributed by atoms with Gasteiger partial charge >= 0.3 is 0 Å². The number of halogens is 2. The Labute approximate surface area is 68.0 Å². The van der Waals surface area contributed by atoms with Crippen LogP contribution in [0.2, 0.25) is 0 Å². The number of rotatable bonds is 0. The van der Waals surface area contributed by atoms with Crippen LogP contribution in [-0.4, -0.2) is 12.0 Å². The maximum atomic E-state index is 12.8. The van der Waals surface area contributed by atoms with E-state index in [0.717, 1.165) is 0 Å². The van der Waals surface area contributed by atoms with Crippen LogP contribution in [0.5, 0.6) is 0 Å². The predicted molar refractivity (Wildman–Crippen MR) is 39.3 cm³/mol. The fraction of sp³-hybridized carbons (Fsp3) is 0.222. The van der Waals surface area contributed by atoms with E-state index in [9.17, 15) is 13.6 Å². The summed E-state index contributed by atoms with van der Waals surface area (Å²) in [7, 11) is 0. The van der Waals surface area contributed by atoms with Gasteiger partial charge in [-0.25, -0.2) is 8.78 Å². The molecule has 1 nitrogen and oxygen atoms in total. The van der Waals surface area contributed by atoms with E-state index in [1.807, 2.05) is 0 Å². The molecule has 0 N–H and O–H groups in total. The van der Waals surface area contributed by atoms with E-state index < -0.39 is 17.8 Å². The lowest BCUT2D eigenvalue weighted by atomic mass is 10.1. The third-order valence-corrected chi connectivity index (χ3v) is 2.02. The summed E-state index contributed by atoms with van der Waals surface area (Å²) >= 11 is 0. The zero-order valence-electron chi connectivity index (χ0n) is 6.18. The average Bonchev–Trinajstić information content (AvgIpc) is 2.28. The molecule has 1 aliphatic carbocycles. The summed E-state index contributed by atoms with van der Waals surface area (Å²) < 4.78 is 25.4. The van der Waals surface area contributed by atoms with Crippen molar-refractivity contribution >= 4 is 5.78 Å². The Bertz CT molecular complexity index is 346. The second kappa shape index (κ2) is 2.37. The molecule has 0 saturated carbocycles. The summed E-state index contributed by atoms with van der Waals surface area (Å²) in [5, 5.41) is 0. The Kier molecular flexibility index (Phi) is 1.46. The van der Waals surface area contributed by atoms with Crippen LogP contribution < -0.4 is 0 Å². The predicted octanol–water partition coefficient (Wildman–Crippen LogP) is 1.90. The van der Waals surface area contributed by atoms with Gasteiger partial charge in [-0.15, -0.1) is 0 Å². The number of carbonyl (C=O) groups is 1. The van der Waals surface area contributed by atoms with Gasteiger partial charge in [0.1, 0.15) is 5.82 Å². The third-order valence-electron chi connectivity index (χ3n) is 2.02. The zero-order valence-corrected chi connectivity index (χ0v) is 6.18. The minimum atomic E-state index is -1.47. The van der Waals surface area contributed by atoms with Crippen LogP contribution in [-0.2, 0) is 6.42 Å². The van der Waals surface area contributed by atoms with Crippen molar-refractivity contribution in [3.63, 3.8) is 0 Å². The summed E-state index contributed by atoms with van der Waals surface area (Å²) in [6.45, 7) is 0. The van der Waals surface area contributed by atoms with Crippen LogP contribution in [0.1, 0.15) is 15.9 Å². The first-order valence-corrected chi connectivity index (χ1v) is 3.65. The first-order chi connectivity index (χ1) is 5.68. The molecule has 0 fully saturated rings. The second-order valence-electron chi connectivity index (χ2n) is 2.84. The quantitative estimate of drug-likeness (QED) is 0.578. The van der Waals surface area contributed by atoms with Crippen molar-refractivity contribution in [1.29, 1.82) is 0 Å². The van der Waals surface area contributed by atoms with Crippen molar-refractivity contribution in [3.8, 4) is 0 Å². The minimum absolute atomic E-state index is 0.0198. The molecule has 0 heterocycles. The van der Waals surface area contributed by atoms with Gasteiger partial charge in [0.05, 0.1) is 0 Å². The maximum absolute atomic E-state index is 12.8. The number of hydrogen-bond acceptors (Lipinski definition) is 1. The molecule has 0 radical (unpaired) electrons. The standard InChI is InChI=1S/C9H6F2O/c10-6-1-2-7-5(3-6)4-8(11)9(7)12/h1-3,8H,4H2. The molecule has 0 bridgehead atoms. The van der Waals surface area contributed by atoms with Crippen LogP contribution in [0.4, 0.5) is 8.78 Å². The number of hydrogen-bond donors (Lipinski definition) is 0. The smallest absolute Gasteiger partial charge is 0.197 e. The molecule has 3 heteroatoms. The molecule has 1 aromatic rings. The van der Waals surface area contributed by atoms with Crippen molar-refractivity contribution < 1.29 is 13.6 Å². The summed E-state index contributed by atoms with van der Waals surface area (Å²) in [4.78, 5) is 11.0. The van der Waals surface area contributed by atoms with Gasteiger partial charge in [-0.1, -0.05) is 0 Å². The summed E-state index contributed by atoms with van der Waals surface area (Å²) in [6.07, 6.45) is -1.45. The molecule has 12 heavy (non-hydrogen) atoms. The van der Waals surface area contributed by atoms with Gasteiger partial charge in [-0.2, -0.15) is 0 Å². The van der Waals surface area contributed by atoms with Crippen molar-refractivity contribution in [2.45, 2.75) is 12.6 Å². The Morgan fingerprint density at radius 1 is 1.42 bits per heavy atom. The van der Waals surface area contributed by atoms with E-state index in [0.29, 0.717) is 11.1 Å². The molecule has 2 rings (SSSR count). The van der Waals surface area contributed by atoms with Crippen molar-refractivity contribution in [2.75, 3.05) is 0 Å². The van der Waals surface area contributed by atoms with E-state index in [1.165, 1.54) is 18.2 Å². The van der Waals surface area contributed by atoms with Crippen LogP contribution in [0.25, 0.3) is 0 Å². The molecule has 1 aromatic carbocycles. The first kappa shape index (κ1) is 7.40. The number of Topliss-reactive ketones (excluding diaryl/α,β-unsaturated/α-hetero) is 1. The van der Waals surface area contributed by atoms with Crippen LogP contribution in [0.15, 0.2) is 18.2 Å². The summed E-state index contributed by atoms with van der Waals surface area (Å²) in [5.74, 6) is -0.944. The van der Waals surface area contributed by atoms with Gasteiger partial charge in [-0.3, -0.25) is 4.79 Å². The molecular formula is C9H6F2O. The van der Waals surface area contributed by atoms with Gasteiger partial charge in [-0.05, 0) is 23.8 Å². The lowest BCUT2D eigenvalue weighted by Gasteiger charge is -1.94. The molecule has 1 aliphatic rings. The largest absolute Gasteiger partial charge is 0.291 e. The van der Waals surface area contributed by atoms with Crippen molar-refractivity contribution in [3.05, 3.63) is 35.1 Å². The molecule has 0 aliphatic heterocycles. The van der Waals surface area contributed by atoms with Crippen LogP contribution in [0.3, 0.4) is 0 Å². The molecule has 0 spiro atoms. The molecular weight excluding hydrogens is 162 g/mol. The summed E-state index contributed by atoms with van der Waals surface area (Å²) in [6, 6.07) is 3.73. The van der Waals surface area contributed by atoms with Gasteiger partial charge in [0.15, 0.2) is 12.0 Å². The van der Waals surface area contributed by atoms with Gasteiger partial charge in [0.2, 0.25) is 0 Å². The van der Waals surface area contributed by atoms with Gasteiger partial charge < -0.3 is 0 Å². The van der Waals surface area contributed by atoms with E-state index in [4.69, 9.17) is 0 Å². The normalized spacial score (nSPS) is 21.2. The average molecular weight is 168 g/mol. The molecule has 1 atom stereocenters. The first-order valence-electron chi connectivity index (χ1n) is 3.65. The Morgan fingerprint density at radius 3 is 2.92 bits per heavy atom. The summed E-state index contributed by atoms with van der Waals surface area (Å²) in [5.41, 5.74) is 0.802. The van der Waals surface area contributed by atoms with E-state index >= 15 is 0 Å². The highest BCUT2D eigenvalue weighted by Gasteiger charge is 2.30.